The quantitative estimate of drug-likeness (QED) is 0.874. The maximum absolute atomic E-state index is 12.1. The summed E-state index contributed by atoms with van der Waals surface area (Å²) in [7, 11) is 1.48. The highest BCUT2D eigenvalue weighted by Crippen LogP contribution is 2.24. The van der Waals surface area contributed by atoms with Gasteiger partial charge in [0.1, 0.15) is 0 Å². The second kappa shape index (κ2) is 6.74. The van der Waals surface area contributed by atoms with Gasteiger partial charge in [-0.05, 0) is 12.5 Å². The van der Waals surface area contributed by atoms with Gasteiger partial charge in [0.05, 0.1) is 18.6 Å². The SMILES string of the molecule is COCC(C)(NC(=O)CCC(F)(F)F)c1ccccc1. The van der Waals surface area contributed by atoms with Crippen molar-refractivity contribution in [1.82, 2.24) is 5.32 Å². The normalized spacial score (nSPS) is 14.7. The first-order valence-corrected chi connectivity index (χ1v) is 6.19. The number of hydrogen-bond donors (Lipinski definition) is 1. The molecule has 3 nitrogen and oxygen atoms in total. The zero-order chi connectivity index (χ0) is 15.2. The molecule has 112 valence electrons. The number of benzene rings is 1. The zero-order valence-corrected chi connectivity index (χ0v) is 11.5. The van der Waals surface area contributed by atoms with E-state index in [2.05, 4.69) is 5.32 Å². The Bertz CT molecular complexity index is 434. The third-order valence-electron chi connectivity index (χ3n) is 2.89. The predicted octanol–water partition coefficient (Wildman–Crippen LogP) is 3.01. The number of carbonyl (C=O) groups is 1. The van der Waals surface area contributed by atoms with Gasteiger partial charge in [-0.25, -0.2) is 0 Å². The van der Waals surface area contributed by atoms with E-state index < -0.39 is 30.5 Å². The van der Waals surface area contributed by atoms with E-state index in [0.717, 1.165) is 5.56 Å². The number of amides is 1. The minimum Gasteiger partial charge on any atom is -0.382 e. The number of alkyl halides is 3. The highest BCUT2D eigenvalue weighted by molar-refractivity contribution is 5.77. The fraction of sp³-hybridized carbons (Fsp3) is 0.500. The van der Waals surface area contributed by atoms with Crippen molar-refractivity contribution in [3.63, 3.8) is 0 Å². The second-order valence-electron chi connectivity index (χ2n) is 4.79. The van der Waals surface area contributed by atoms with Crippen LogP contribution >= 0.6 is 0 Å². The molecule has 1 amide bonds. The lowest BCUT2D eigenvalue weighted by Gasteiger charge is -2.31. The summed E-state index contributed by atoms with van der Waals surface area (Å²) in [4.78, 5) is 11.7. The van der Waals surface area contributed by atoms with Crippen LogP contribution in [0.1, 0.15) is 25.3 Å². The lowest BCUT2D eigenvalue weighted by Crippen LogP contribution is -2.47. The van der Waals surface area contributed by atoms with Crippen molar-refractivity contribution in [3.8, 4) is 0 Å². The number of hydrogen-bond acceptors (Lipinski definition) is 2. The first kappa shape index (κ1) is 16.5. The summed E-state index contributed by atoms with van der Waals surface area (Å²) in [5.74, 6) is -0.647. The molecule has 0 aliphatic rings. The summed E-state index contributed by atoms with van der Waals surface area (Å²) in [6.45, 7) is 1.89. The van der Waals surface area contributed by atoms with Crippen molar-refractivity contribution in [1.29, 1.82) is 0 Å². The van der Waals surface area contributed by atoms with Crippen LogP contribution in [0.4, 0.5) is 13.2 Å². The van der Waals surface area contributed by atoms with Gasteiger partial charge in [-0.2, -0.15) is 13.2 Å². The largest absolute Gasteiger partial charge is 0.389 e. The van der Waals surface area contributed by atoms with Gasteiger partial charge in [0, 0.05) is 13.5 Å². The average Bonchev–Trinajstić information content (AvgIpc) is 2.37. The molecule has 0 heterocycles. The van der Waals surface area contributed by atoms with Crippen LogP contribution in [0.2, 0.25) is 0 Å². The Labute approximate surface area is 116 Å². The third kappa shape index (κ3) is 5.21. The van der Waals surface area contributed by atoms with Crippen molar-refractivity contribution in [2.75, 3.05) is 13.7 Å². The molecule has 20 heavy (non-hydrogen) atoms. The number of carbonyl (C=O) groups excluding carboxylic acids is 1. The summed E-state index contributed by atoms with van der Waals surface area (Å²) in [6, 6.07) is 9.00. The van der Waals surface area contributed by atoms with Crippen LogP contribution in [-0.4, -0.2) is 25.8 Å². The van der Waals surface area contributed by atoms with Crippen molar-refractivity contribution in [2.24, 2.45) is 0 Å². The molecule has 1 atom stereocenters. The van der Waals surface area contributed by atoms with Crippen LogP contribution in [0, 0.1) is 0 Å². The maximum atomic E-state index is 12.1. The minimum atomic E-state index is -4.33. The highest BCUT2D eigenvalue weighted by Gasteiger charge is 2.32. The number of ether oxygens (including phenoxy) is 1. The van der Waals surface area contributed by atoms with E-state index in [0.29, 0.717) is 0 Å². The summed E-state index contributed by atoms with van der Waals surface area (Å²) < 4.78 is 41.4. The minimum absolute atomic E-state index is 0.175. The molecule has 0 saturated carbocycles. The molecule has 0 radical (unpaired) electrons. The van der Waals surface area contributed by atoms with Gasteiger partial charge in [-0.3, -0.25) is 4.79 Å². The fourth-order valence-electron chi connectivity index (χ4n) is 1.91. The number of methoxy groups -OCH3 is 1. The van der Waals surface area contributed by atoms with E-state index >= 15 is 0 Å². The molecule has 0 fully saturated rings. The lowest BCUT2D eigenvalue weighted by molar-refractivity contribution is -0.145. The standard InChI is InChI=1S/C14H18F3NO2/c1-13(10-20-2,11-6-4-3-5-7-11)18-12(19)8-9-14(15,16)17/h3-7H,8-10H2,1-2H3,(H,18,19). The summed E-state index contributed by atoms with van der Waals surface area (Å²) in [6.07, 6.45) is -6.05. The Morgan fingerprint density at radius 1 is 1.25 bits per heavy atom. The third-order valence-corrected chi connectivity index (χ3v) is 2.89. The molecule has 0 spiro atoms. The Balaban J connectivity index is 2.75. The summed E-state index contributed by atoms with van der Waals surface area (Å²) in [5.41, 5.74) is -0.0687. The van der Waals surface area contributed by atoms with Gasteiger partial charge in [0.15, 0.2) is 0 Å². The van der Waals surface area contributed by atoms with Gasteiger partial charge in [0.25, 0.3) is 0 Å². The van der Waals surface area contributed by atoms with Gasteiger partial charge in [-0.15, -0.1) is 0 Å². The van der Waals surface area contributed by atoms with Crippen LogP contribution in [0.15, 0.2) is 30.3 Å². The van der Waals surface area contributed by atoms with Crippen LogP contribution < -0.4 is 5.32 Å². The van der Waals surface area contributed by atoms with Crippen molar-refractivity contribution in [2.45, 2.75) is 31.5 Å². The monoisotopic (exact) mass is 289 g/mol. The van der Waals surface area contributed by atoms with Crippen LogP contribution in [0.3, 0.4) is 0 Å². The van der Waals surface area contributed by atoms with Gasteiger partial charge in [-0.1, -0.05) is 30.3 Å². The fourth-order valence-corrected chi connectivity index (χ4v) is 1.91. The molecule has 1 aromatic carbocycles. The molecule has 0 aromatic heterocycles. The van der Waals surface area contributed by atoms with Crippen LogP contribution in [0.25, 0.3) is 0 Å². The van der Waals surface area contributed by atoms with Gasteiger partial charge in [0.2, 0.25) is 5.91 Å². The predicted molar refractivity (Wildman–Crippen MR) is 69.1 cm³/mol. The van der Waals surface area contributed by atoms with Crippen LogP contribution in [0.5, 0.6) is 0 Å². The van der Waals surface area contributed by atoms with E-state index in [1.165, 1.54) is 7.11 Å². The molecular formula is C14H18F3NO2. The van der Waals surface area contributed by atoms with Crippen molar-refractivity contribution in [3.05, 3.63) is 35.9 Å². The van der Waals surface area contributed by atoms with Crippen molar-refractivity contribution < 1.29 is 22.7 Å². The van der Waals surface area contributed by atoms with E-state index in [-0.39, 0.29) is 6.61 Å². The first-order valence-electron chi connectivity index (χ1n) is 6.19. The van der Waals surface area contributed by atoms with Crippen LogP contribution in [-0.2, 0) is 15.1 Å². The molecule has 1 N–H and O–H groups in total. The Kier molecular flexibility index (Phi) is 5.56. The number of halogens is 3. The molecule has 0 bridgehead atoms. The second-order valence-corrected chi connectivity index (χ2v) is 4.79. The zero-order valence-electron chi connectivity index (χ0n) is 11.5. The number of rotatable bonds is 6. The number of nitrogens with one attached hydrogen (secondary N) is 1. The van der Waals surface area contributed by atoms with Gasteiger partial charge >= 0.3 is 6.18 Å². The van der Waals surface area contributed by atoms with Crippen molar-refractivity contribution >= 4 is 5.91 Å². The van der Waals surface area contributed by atoms with Gasteiger partial charge < -0.3 is 10.1 Å². The average molecular weight is 289 g/mol. The summed E-state index contributed by atoms with van der Waals surface area (Å²) >= 11 is 0. The molecule has 0 saturated heterocycles. The topological polar surface area (TPSA) is 38.3 Å². The Hall–Kier alpha value is -1.56. The molecule has 0 aliphatic heterocycles. The molecular weight excluding hydrogens is 271 g/mol. The molecule has 1 aromatic rings. The van der Waals surface area contributed by atoms with E-state index in [1.807, 2.05) is 6.07 Å². The first-order chi connectivity index (χ1) is 9.27. The lowest BCUT2D eigenvalue weighted by atomic mass is 9.92. The Morgan fingerprint density at radius 2 is 1.85 bits per heavy atom. The highest BCUT2D eigenvalue weighted by atomic mass is 19.4. The van der Waals surface area contributed by atoms with E-state index in [4.69, 9.17) is 4.74 Å². The molecule has 6 heteroatoms. The maximum Gasteiger partial charge on any atom is 0.389 e. The summed E-state index contributed by atoms with van der Waals surface area (Å²) in [5, 5.41) is 2.62. The van der Waals surface area contributed by atoms with E-state index in [9.17, 15) is 18.0 Å². The molecule has 1 rings (SSSR count). The molecule has 0 aliphatic carbocycles. The Morgan fingerprint density at radius 3 is 2.35 bits per heavy atom. The molecule has 1 unspecified atom stereocenters. The van der Waals surface area contributed by atoms with E-state index in [1.54, 1.807) is 31.2 Å². The smallest absolute Gasteiger partial charge is 0.382 e.